The molecule has 0 radical (unpaired) electrons. The molecule has 0 unspecified atom stereocenters. The summed E-state index contributed by atoms with van der Waals surface area (Å²) in [7, 11) is 0. The Morgan fingerprint density at radius 2 is 2.27 bits per heavy atom. The van der Waals surface area contributed by atoms with Gasteiger partial charge in [-0.1, -0.05) is 6.08 Å². The monoisotopic (exact) mass is 155 g/mol. The van der Waals surface area contributed by atoms with Crippen LogP contribution in [0.1, 0.15) is 25.7 Å². The van der Waals surface area contributed by atoms with Crippen LogP contribution in [0.2, 0.25) is 0 Å². The molecule has 3 N–H and O–H groups in total. The molecule has 1 fully saturated rings. The molecule has 0 amide bonds. The summed E-state index contributed by atoms with van der Waals surface area (Å²) in [5, 5.41) is 8.27. The largest absolute Gasteiger partial charge is 0.478 e. The average Bonchev–Trinajstić information content (AvgIpc) is 1.83. The van der Waals surface area contributed by atoms with Gasteiger partial charge in [0.15, 0.2) is 0 Å². The number of nitrogens with two attached hydrogens (primary N) is 1. The lowest BCUT2D eigenvalue weighted by Gasteiger charge is -2.37. The summed E-state index contributed by atoms with van der Waals surface area (Å²) in [6.45, 7) is 0. The second-order valence-corrected chi connectivity index (χ2v) is 3.16. The molecule has 0 spiro atoms. The van der Waals surface area contributed by atoms with E-state index < -0.39 is 5.97 Å². The summed E-state index contributed by atoms with van der Waals surface area (Å²) in [5.74, 6) is -0.895. The Hall–Kier alpha value is -0.830. The summed E-state index contributed by atoms with van der Waals surface area (Å²) in [4.78, 5) is 10.1. The first-order valence-corrected chi connectivity index (χ1v) is 3.81. The number of carbonyl (C=O) groups is 1. The van der Waals surface area contributed by atoms with Crippen LogP contribution in [0, 0.1) is 0 Å². The van der Waals surface area contributed by atoms with Gasteiger partial charge in [0.05, 0.1) is 0 Å². The quantitative estimate of drug-likeness (QED) is 0.595. The van der Waals surface area contributed by atoms with Crippen molar-refractivity contribution in [2.24, 2.45) is 5.73 Å². The van der Waals surface area contributed by atoms with Gasteiger partial charge in [-0.05, 0) is 25.7 Å². The van der Waals surface area contributed by atoms with E-state index in [-0.39, 0.29) is 5.54 Å². The van der Waals surface area contributed by atoms with Crippen molar-refractivity contribution >= 4 is 5.97 Å². The molecule has 1 aliphatic carbocycles. The van der Waals surface area contributed by atoms with Crippen LogP contribution in [0.3, 0.4) is 0 Å². The minimum absolute atomic E-state index is 0.0913. The summed E-state index contributed by atoms with van der Waals surface area (Å²) in [6.07, 6.45) is 6.72. The first kappa shape index (κ1) is 8.27. The minimum atomic E-state index is -0.895. The van der Waals surface area contributed by atoms with Crippen molar-refractivity contribution in [1.29, 1.82) is 0 Å². The highest BCUT2D eigenvalue weighted by Crippen LogP contribution is 2.32. The maximum Gasteiger partial charge on any atom is 0.327 e. The highest BCUT2D eigenvalue weighted by atomic mass is 16.4. The molecule has 1 aliphatic rings. The van der Waals surface area contributed by atoms with E-state index in [4.69, 9.17) is 10.8 Å². The van der Waals surface area contributed by atoms with Crippen LogP contribution in [0.5, 0.6) is 0 Å². The van der Waals surface area contributed by atoms with Crippen molar-refractivity contribution in [2.75, 3.05) is 0 Å². The van der Waals surface area contributed by atoms with Crippen LogP contribution in [0.15, 0.2) is 12.2 Å². The fourth-order valence-corrected chi connectivity index (χ4v) is 1.23. The predicted molar refractivity (Wildman–Crippen MR) is 42.2 cm³/mol. The minimum Gasteiger partial charge on any atom is -0.478 e. The molecule has 0 aromatic heterocycles. The second kappa shape index (κ2) is 3.05. The normalized spacial score (nSPS) is 21.5. The molecule has 3 nitrogen and oxygen atoms in total. The first-order chi connectivity index (χ1) is 5.12. The van der Waals surface area contributed by atoms with E-state index in [2.05, 4.69) is 0 Å². The summed E-state index contributed by atoms with van der Waals surface area (Å²) >= 11 is 0. The Morgan fingerprint density at radius 1 is 1.64 bits per heavy atom. The second-order valence-electron chi connectivity index (χ2n) is 3.16. The third-order valence-electron chi connectivity index (χ3n) is 2.13. The number of carboxylic acid groups (broad SMARTS) is 1. The molecule has 0 aliphatic heterocycles. The van der Waals surface area contributed by atoms with Crippen LogP contribution in [-0.2, 0) is 4.79 Å². The predicted octanol–water partition coefficient (Wildman–Crippen LogP) is 0.899. The van der Waals surface area contributed by atoms with Crippen molar-refractivity contribution < 1.29 is 9.90 Å². The van der Waals surface area contributed by atoms with Gasteiger partial charge in [0.25, 0.3) is 0 Å². The zero-order valence-corrected chi connectivity index (χ0v) is 6.42. The molecule has 0 saturated heterocycles. The van der Waals surface area contributed by atoms with Crippen LogP contribution in [-0.4, -0.2) is 16.6 Å². The smallest absolute Gasteiger partial charge is 0.327 e. The van der Waals surface area contributed by atoms with Crippen molar-refractivity contribution in [1.82, 2.24) is 0 Å². The van der Waals surface area contributed by atoms with Crippen LogP contribution in [0.25, 0.3) is 0 Å². The van der Waals surface area contributed by atoms with Gasteiger partial charge in [0, 0.05) is 11.6 Å². The van der Waals surface area contributed by atoms with Gasteiger partial charge in [-0.3, -0.25) is 0 Å². The van der Waals surface area contributed by atoms with Crippen molar-refractivity contribution in [3.63, 3.8) is 0 Å². The van der Waals surface area contributed by atoms with Crippen molar-refractivity contribution in [3.05, 3.63) is 12.2 Å². The Kier molecular flexibility index (Phi) is 2.29. The van der Waals surface area contributed by atoms with Gasteiger partial charge in [-0.2, -0.15) is 0 Å². The van der Waals surface area contributed by atoms with E-state index in [9.17, 15) is 4.79 Å². The SMILES string of the molecule is NC1(C/C=C/C(=O)O)CCC1. The van der Waals surface area contributed by atoms with E-state index in [1.54, 1.807) is 6.08 Å². The summed E-state index contributed by atoms with van der Waals surface area (Å²) in [6, 6.07) is 0. The number of aliphatic carboxylic acids is 1. The third-order valence-corrected chi connectivity index (χ3v) is 2.13. The molecule has 0 aromatic rings. The van der Waals surface area contributed by atoms with Gasteiger partial charge in [0.2, 0.25) is 0 Å². The van der Waals surface area contributed by atoms with E-state index in [1.807, 2.05) is 0 Å². The molecule has 3 heteroatoms. The number of carboxylic acids is 1. The average molecular weight is 155 g/mol. The Labute approximate surface area is 65.9 Å². The fraction of sp³-hybridized carbons (Fsp3) is 0.625. The third kappa shape index (κ3) is 2.35. The topological polar surface area (TPSA) is 63.3 Å². The van der Waals surface area contributed by atoms with Gasteiger partial charge in [0.1, 0.15) is 0 Å². The standard InChI is InChI=1S/C8H13NO2/c9-8(5-2-6-8)4-1-3-7(10)11/h1,3H,2,4-6,9H2,(H,10,11)/b3-1+. The maximum absolute atomic E-state index is 10.1. The molecule has 0 aromatic carbocycles. The molecule has 0 bridgehead atoms. The molecular weight excluding hydrogens is 142 g/mol. The van der Waals surface area contributed by atoms with E-state index in [1.165, 1.54) is 6.42 Å². The first-order valence-electron chi connectivity index (χ1n) is 3.81. The van der Waals surface area contributed by atoms with Gasteiger partial charge < -0.3 is 10.8 Å². The number of hydrogen-bond donors (Lipinski definition) is 2. The molecule has 62 valence electrons. The molecular formula is C8H13NO2. The lowest BCUT2D eigenvalue weighted by molar-refractivity contribution is -0.131. The highest BCUT2D eigenvalue weighted by Gasteiger charge is 2.30. The molecule has 0 atom stereocenters. The zero-order valence-electron chi connectivity index (χ0n) is 6.42. The van der Waals surface area contributed by atoms with E-state index in [0.29, 0.717) is 6.42 Å². The maximum atomic E-state index is 10.1. The Morgan fingerprint density at radius 3 is 2.64 bits per heavy atom. The summed E-state index contributed by atoms with van der Waals surface area (Å²) in [5.41, 5.74) is 5.75. The van der Waals surface area contributed by atoms with Gasteiger partial charge in [-0.15, -0.1) is 0 Å². The molecule has 11 heavy (non-hydrogen) atoms. The summed E-state index contributed by atoms with van der Waals surface area (Å²) < 4.78 is 0. The number of rotatable bonds is 3. The van der Waals surface area contributed by atoms with Crippen LogP contribution >= 0.6 is 0 Å². The Balaban J connectivity index is 2.26. The van der Waals surface area contributed by atoms with Gasteiger partial charge >= 0.3 is 5.97 Å². The van der Waals surface area contributed by atoms with Crippen molar-refractivity contribution in [2.45, 2.75) is 31.2 Å². The fourth-order valence-electron chi connectivity index (χ4n) is 1.23. The van der Waals surface area contributed by atoms with E-state index >= 15 is 0 Å². The lowest BCUT2D eigenvalue weighted by Crippen LogP contribution is -2.45. The Bertz CT molecular complexity index is 183. The highest BCUT2D eigenvalue weighted by molar-refractivity contribution is 5.79. The van der Waals surface area contributed by atoms with Crippen LogP contribution in [0.4, 0.5) is 0 Å². The molecule has 0 heterocycles. The number of hydrogen-bond acceptors (Lipinski definition) is 2. The van der Waals surface area contributed by atoms with Gasteiger partial charge in [-0.25, -0.2) is 4.79 Å². The zero-order chi connectivity index (χ0) is 8.32. The molecule has 1 rings (SSSR count). The van der Waals surface area contributed by atoms with Crippen LogP contribution < -0.4 is 5.73 Å². The van der Waals surface area contributed by atoms with Crippen molar-refractivity contribution in [3.8, 4) is 0 Å². The van der Waals surface area contributed by atoms with E-state index in [0.717, 1.165) is 18.9 Å². The molecule has 1 saturated carbocycles. The lowest BCUT2D eigenvalue weighted by atomic mass is 9.75.